The Morgan fingerprint density at radius 1 is 0.613 bits per heavy atom. The van der Waals surface area contributed by atoms with E-state index in [1.54, 1.807) is 43.5 Å². The summed E-state index contributed by atoms with van der Waals surface area (Å²) in [5, 5.41) is 44.2. The lowest BCUT2D eigenvalue weighted by molar-refractivity contribution is -0.143. The highest BCUT2D eigenvalue weighted by molar-refractivity contribution is 6.00. The number of carbonyl (C=O) groups excluding carboxylic acids is 15. The Labute approximate surface area is 725 Å². The van der Waals surface area contributed by atoms with Crippen LogP contribution in [0.1, 0.15) is 231 Å². The van der Waals surface area contributed by atoms with Crippen LogP contribution in [0.4, 0.5) is 0 Å². The largest absolute Gasteiger partial charge is 0.481 e. The van der Waals surface area contributed by atoms with Crippen molar-refractivity contribution in [1.29, 1.82) is 0 Å². The fourth-order valence-electron chi connectivity index (χ4n) is 15.1. The summed E-state index contributed by atoms with van der Waals surface area (Å²) < 4.78 is 10.8. The lowest BCUT2D eigenvalue weighted by Crippen LogP contribution is -2.59. The first-order valence-electron chi connectivity index (χ1n) is 43.9. The number of nitrogens with one attached hydrogen (secondary N) is 10. The molecule has 688 valence electrons. The number of hydrogen-bond donors (Lipinski definition) is 16. The van der Waals surface area contributed by atoms with E-state index in [0.717, 1.165) is 74.3 Å². The van der Waals surface area contributed by atoms with Gasteiger partial charge in [-0.3, -0.25) is 81.7 Å². The third-order valence-corrected chi connectivity index (χ3v) is 22.0. The minimum absolute atomic E-state index is 0.00484. The van der Waals surface area contributed by atoms with Crippen molar-refractivity contribution in [1.82, 2.24) is 62.6 Å². The van der Waals surface area contributed by atoms with E-state index in [0.29, 0.717) is 63.5 Å². The first-order valence-corrected chi connectivity index (χ1v) is 43.9. The molecule has 37 heteroatoms. The second-order valence-corrected chi connectivity index (χ2v) is 32.2. The number of likely N-dealkylation sites (tertiary alicyclic amines) is 1. The summed E-state index contributed by atoms with van der Waals surface area (Å²) in [4.78, 5) is 218. The molecule has 13 amide bonds. The van der Waals surface area contributed by atoms with Crippen LogP contribution in [-0.4, -0.2) is 245 Å². The molecule has 2 aromatic carbocycles. The number of aliphatic carboxylic acids is 1. The maximum absolute atomic E-state index is 14.4. The monoisotopic (exact) mass is 1740 g/mol. The van der Waals surface area contributed by atoms with Gasteiger partial charge in [-0.2, -0.15) is 0 Å². The molecule has 20 N–H and O–H groups in total. The van der Waals surface area contributed by atoms with Crippen molar-refractivity contribution >= 4 is 111 Å². The molecular weight excluding hydrogens is 1600 g/mol. The average Bonchev–Trinajstić information content (AvgIpc) is 1.67. The molecule has 0 saturated carbocycles. The number of Topliss-reactive ketones (excluding diaryl/α,β-unsaturated/α-hetero) is 2. The third kappa shape index (κ3) is 39.3. The number of aromatic amines is 1. The minimum atomic E-state index is -1.54. The number of nitrogens with zero attached hydrogens (tertiary/aromatic N) is 3. The Morgan fingerprint density at radius 2 is 1.23 bits per heavy atom. The number of benzene rings is 2. The van der Waals surface area contributed by atoms with Crippen LogP contribution in [0, 0.1) is 5.92 Å². The molecule has 6 rings (SSSR count). The zero-order chi connectivity index (χ0) is 90.9. The molecule has 0 radical (unpaired) electrons. The zero-order valence-corrected chi connectivity index (χ0v) is 72.5. The summed E-state index contributed by atoms with van der Waals surface area (Å²) in [6.45, 7) is 5.33. The molecule has 0 spiro atoms. The number of ketones is 2. The van der Waals surface area contributed by atoms with Crippen molar-refractivity contribution in [2.24, 2.45) is 33.8 Å². The van der Waals surface area contributed by atoms with Crippen LogP contribution in [0.5, 0.6) is 0 Å². The van der Waals surface area contributed by atoms with Gasteiger partial charge in [-0.25, -0.2) is 0 Å². The number of aliphatic hydroxyl groups is 1. The number of likely N-dealkylation sites (N-methyl/N-ethyl adjacent to an activating group) is 1. The maximum Gasteiger partial charge on any atom is 0.303 e. The van der Waals surface area contributed by atoms with Crippen LogP contribution in [0.3, 0.4) is 0 Å². The van der Waals surface area contributed by atoms with Crippen LogP contribution in [0.2, 0.25) is 0 Å². The first-order chi connectivity index (χ1) is 59.4. The molecule has 3 aromatic rings. The highest BCUT2D eigenvalue weighted by atomic mass is 16.5. The van der Waals surface area contributed by atoms with Gasteiger partial charge in [-0.05, 0) is 88.3 Å². The van der Waals surface area contributed by atoms with Crippen LogP contribution < -0.4 is 70.8 Å². The minimum Gasteiger partial charge on any atom is -0.481 e. The molecule has 124 heavy (non-hydrogen) atoms. The number of guanidine groups is 1. The standard InChI is InChI=1S/C45H61N9O8.C42H74N8O12/c1-27-19-20-31(56)14-7-4-8-16-34(28(2)55)50-42(60)38(23-30-25-49-35-17-10-9-15-33(30)35)52-40(58)36(18-11-21-48-45(46)47)51-41(59)37(22-29-12-5-3-6-13-29)53-43(61)39-24-32(57)26-54(39)44(27)62;1-3-4-18-30(39(57)45-2)48-41(59)33-19-17-23-50(33)42(60)32(28-35(44)52)49-40(58)31(27-34(43)51)47-37(54)29-62-26-25-61-24-22-46-36(53)20-15-13-11-9-7-5-6-8-10-12-14-16-21-38(55)56/h3,5-6,9-10,12-13,15,17,25,27,32,34,36-39,49,57H,4,7-8,11,14,16,18-24,26H2,1-2H3,(H,50,60)(H,51,59)(H,52,58)(H,53,61)(H4,46,47,48);30-33H,3-29H2,1-2H3,(H2,43,51)(H2,44,52)(H,45,57)(H,46,53)(H,47,54)(H,48,59)(H,49,58)(H,55,56)/t27-,32+,34-,36-,37+,38-,39-;30-,31-,32-,33-/m00/s1. The summed E-state index contributed by atoms with van der Waals surface area (Å²) >= 11 is 0. The molecule has 3 saturated heterocycles. The van der Waals surface area contributed by atoms with E-state index in [9.17, 15) is 81.8 Å². The number of aliphatic imine (C=N–C) groups is 1. The molecule has 3 fully saturated rings. The van der Waals surface area contributed by atoms with Crippen LogP contribution in [0.25, 0.3) is 10.9 Å². The number of carboxylic acids is 1. The number of H-pyrrole nitrogens is 1. The van der Waals surface area contributed by atoms with Gasteiger partial charge in [0, 0.05) is 101 Å². The number of unbranched alkanes of at least 4 members (excludes halogenated alkanes) is 12. The summed E-state index contributed by atoms with van der Waals surface area (Å²) in [7, 11) is 1.45. The number of aromatic nitrogens is 1. The number of fused-ring (bicyclic) bond motifs is 2. The predicted molar refractivity (Wildman–Crippen MR) is 462 cm³/mol. The van der Waals surface area contributed by atoms with Crippen LogP contribution in [-0.2, 0) is 99.0 Å². The van der Waals surface area contributed by atoms with Gasteiger partial charge in [0.15, 0.2) is 11.7 Å². The Kier molecular flexibility index (Phi) is 48.0. The van der Waals surface area contributed by atoms with E-state index in [2.05, 4.69) is 57.8 Å². The highest BCUT2D eigenvalue weighted by Crippen LogP contribution is 2.26. The number of nitrogens with two attached hydrogens (primary N) is 4. The van der Waals surface area contributed by atoms with E-state index >= 15 is 0 Å². The molecule has 3 aliphatic rings. The zero-order valence-electron chi connectivity index (χ0n) is 72.5. The number of ether oxygens (including phenoxy) is 2. The van der Waals surface area contributed by atoms with Crippen molar-refractivity contribution in [3.8, 4) is 0 Å². The molecule has 3 aliphatic heterocycles. The SMILES string of the molecule is CC(=O)[C@@H]1CCCCCC(=O)CC[C@H](C)C(=O)N2C[C@H](O)C[C@H]2C(=O)N[C@H](Cc2ccccc2)C(=O)N[C@@H](CCCN=C(N)N)C(=O)N[C@@H](Cc2c[nH]c3ccccc23)C(=O)N1.CCCC[C@H](NC(=O)[C@@H]1CCCN1C(=O)[C@H](CC(N)=O)NC(=O)[C@H](CC(N)=O)NC(=O)COCCOCCNC(=O)CCCCCCCCCCCCCCC(=O)O)C(=O)NC. The number of aliphatic hydroxyl groups excluding tert-OH is 1. The van der Waals surface area contributed by atoms with Gasteiger partial charge in [0.1, 0.15) is 60.7 Å². The molecular formula is C87H135N17O20. The fraction of sp³-hybridized carbons (Fsp3) is 0.644. The van der Waals surface area contributed by atoms with Crippen LogP contribution in [0.15, 0.2) is 65.8 Å². The molecule has 0 unspecified atom stereocenters. The molecule has 4 heterocycles. The van der Waals surface area contributed by atoms with Crippen molar-refractivity contribution in [3.63, 3.8) is 0 Å². The van der Waals surface area contributed by atoms with E-state index in [4.69, 9.17) is 37.5 Å². The highest BCUT2D eigenvalue weighted by Gasteiger charge is 2.44. The Bertz CT molecular complexity index is 3990. The van der Waals surface area contributed by atoms with Crippen molar-refractivity contribution in [3.05, 3.63) is 71.9 Å². The molecule has 0 aliphatic carbocycles. The van der Waals surface area contributed by atoms with Crippen molar-refractivity contribution in [2.75, 3.05) is 59.7 Å². The number of carbonyl (C=O) groups is 16. The molecule has 11 atom stereocenters. The number of carboxylic acid groups (broad SMARTS) is 1. The van der Waals surface area contributed by atoms with Gasteiger partial charge in [0.2, 0.25) is 76.8 Å². The molecule has 37 nitrogen and oxygen atoms in total. The second kappa shape index (κ2) is 57.5. The van der Waals surface area contributed by atoms with E-state index in [1.807, 2.05) is 31.2 Å². The maximum atomic E-state index is 14.4. The van der Waals surface area contributed by atoms with Gasteiger partial charge in [-0.15, -0.1) is 0 Å². The second-order valence-electron chi connectivity index (χ2n) is 32.2. The molecule has 0 bridgehead atoms. The first kappa shape index (κ1) is 104. The normalized spacial score (nSPS) is 20.2. The Morgan fingerprint density at radius 3 is 1.88 bits per heavy atom. The van der Waals surface area contributed by atoms with E-state index in [1.165, 1.54) is 49.5 Å². The van der Waals surface area contributed by atoms with E-state index in [-0.39, 0.29) is 139 Å². The van der Waals surface area contributed by atoms with Crippen molar-refractivity contribution < 1.29 is 96.4 Å². The lowest BCUT2D eigenvalue weighted by Gasteiger charge is -2.30. The quantitative estimate of drug-likeness (QED) is 0.0219. The van der Waals surface area contributed by atoms with Gasteiger partial charge in [0.25, 0.3) is 0 Å². The summed E-state index contributed by atoms with van der Waals surface area (Å²) in [5.74, 6) is -10.3. The fourth-order valence-corrected chi connectivity index (χ4v) is 15.1. The topological polar surface area (TPSA) is 579 Å². The number of primary amides is 2. The van der Waals surface area contributed by atoms with Gasteiger partial charge in [0.05, 0.1) is 44.8 Å². The predicted octanol–water partition coefficient (Wildman–Crippen LogP) is 2.26. The lowest BCUT2D eigenvalue weighted by atomic mass is 9.98. The van der Waals surface area contributed by atoms with Crippen LogP contribution >= 0.6 is 0 Å². The summed E-state index contributed by atoms with van der Waals surface area (Å²) in [6.07, 6.45) is 18.6. The smallest absolute Gasteiger partial charge is 0.303 e. The Hall–Kier alpha value is -10.9. The van der Waals surface area contributed by atoms with Gasteiger partial charge < -0.3 is 105 Å². The van der Waals surface area contributed by atoms with Crippen molar-refractivity contribution in [2.45, 2.75) is 293 Å². The van der Waals surface area contributed by atoms with E-state index < -0.39 is 151 Å². The number of para-hydroxylation sites is 1. The summed E-state index contributed by atoms with van der Waals surface area (Å²) in [6, 6.07) is 5.95. The number of hydrogen-bond acceptors (Lipinski definition) is 20. The average molecular weight is 1740 g/mol. The van der Waals surface area contributed by atoms with Gasteiger partial charge >= 0.3 is 5.97 Å². The van der Waals surface area contributed by atoms with Gasteiger partial charge in [-0.1, -0.05) is 152 Å². The molecule has 1 aromatic heterocycles. The number of amides is 13. The number of rotatable bonds is 46. The summed E-state index contributed by atoms with van der Waals surface area (Å²) in [5.41, 5.74) is 24.1. The third-order valence-electron chi connectivity index (χ3n) is 22.0. The Balaban J connectivity index is 0.000000440.